The molecule has 5 heteroatoms. The van der Waals surface area contributed by atoms with Crippen LogP contribution in [-0.4, -0.2) is 12.0 Å². The van der Waals surface area contributed by atoms with Gasteiger partial charge in [0.05, 0.1) is 17.7 Å². The highest BCUT2D eigenvalue weighted by Crippen LogP contribution is 2.20. The monoisotopic (exact) mass is 270 g/mol. The largest absolute Gasteiger partial charge is 0.369 e. The van der Waals surface area contributed by atoms with Crippen molar-refractivity contribution in [3.8, 4) is 0 Å². The van der Waals surface area contributed by atoms with Crippen molar-refractivity contribution in [2.24, 2.45) is 0 Å². The van der Waals surface area contributed by atoms with E-state index < -0.39 is 0 Å². The maximum absolute atomic E-state index is 13.4. The second kappa shape index (κ2) is 5.47. The fourth-order valence-corrected chi connectivity index (χ4v) is 2.28. The quantitative estimate of drug-likeness (QED) is 0.789. The number of hydrogen-bond acceptors (Lipinski definition) is 3. The van der Waals surface area contributed by atoms with Gasteiger partial charge in [-0.3, -0.25) is 0 Å². The Morgan fingerprint density at radius 1 is 1.41 bits per heavy atom. The molecule has 0 atom stereocenters. The number of halogens is 2. The lowest BCUT2D eigenvalue weighted by Crippen LogP contribution is -2.16. The van der Waals surface area contributed by atoms with E-state index in [4.69, 9.17) is 11.6 Å². The van der Waals surface area contributed by atoms with Gasteiger partial charge in [0.1, 0.15) is 5.82 Å². The van der Waals surface area contributed by atoms with Crippen LogP contribution in [-0.2, 0) is 12.4 Å². The summed E-state index contributed by atoms with van der Waals surface area (Å²) in [6.07, 6.45) is 0. The Morgan fingerprint density at radius 2 is 2.24 bits per heavy atom. The molecule has 0 aliphatic carbocycles. The molecule has 1 aromatic heterocycles. The molecule has 0 bridgehead atoms. The van der Waals surface area contributed by atoms with Gasteiger partial charge in [0.15, 0.2) is 0 Å². The highest BCUT2D eigenvalue weighted by atomic mass is 35.5. The number of nitrogens with zero attached hydrogens (tertiary/aromatic N) is 2. The summed E-state index contributed by atoms with van der Waals surface area (Å²) in [4.78, 5) is 6.16. The molecule has 17 heavy (non-hydrogen) atoms. The first-order chi connectivity index (χ1) is 8.19. The number of alkyl halides is 1. The summed E-state index contributed by atoms with van der Waals surface area (Å²) in [7, 11) is 1.91. The number of thiazole rings is 1. The Labute approximate surface area is 109 Å². The first-order valence-corrected chi connectivity index (χ1v) is 6.60. The molecule has 0 fully saturated rings. The molecule has 90 valence electrons. The van der Waals surface area contributed by atoms with Gasteiger partial charge in [-0.15, -0.1) is 22.9 Å². The molecule has 0 N–H and O–H groups in total. The summed E-state index contributed by atoms with van der Waals surface area (Å²) in [5.74, 6) is 0.0539. The predicted octanol–water partition coefficient (Wildman–Crippen LogP) is 3.66. The van der Waals surface area contributed by atoms with Gasteiger partial charge in [0.25, 0.3) is 0 Å². The van der Waals surface area contributed by atoms with Gasteiger partial charge in [-0.25, -0.2) is 9.37 Å². The SMILES string of the molecule is CN(Cc1cscn1)c1cc(F)cc(CCl)c1. The molecule has 2 nitrogen and oxygen atoms in total. The van der Waals surface area contributed by atoms with E-state index in [-0.39, 0.29) is 5.82 Å². The van der Waals surface area contributed by atoms with E-state index in [1.165, 1.54) is 12.1 Å². The van der Waals surface area contributed by atoms with Crippen LogP contribution in [0.3, 0.4) is 0 Å². The predicted molar refractivity (Wildman–Crippen MR) is 70.2 cm³/mol. The minimum Gasteiger partial charge on any atom is -0.369 e. The fraction of sp³-hybridized carbons (Fsp3) is 0.250. The van der Waals surface area contributed by atoms with E-state index in [9.17, 15) is 4.39 Å². The summed E-state index contributed by atoms with van der Waals surface area (Å²) in [5.41, 5.74) is 4.37. The van der Waals surface area contributed by atoms with Crippen molar-refractivity contribution in [3.05, 3.63) is 46.2 Å². The highest BCUT2D eigenvalue weighted by molar-refractivity contribution is 7.07. The molecule has 1 heterocycles. The van der Waals surface area contributed by atoms with Gasteiger partial charge in [-0.2, -0.15) is 0 Å². The summed E-state index contributed by atoms with van der Waals surface area (Å²) in [6.45, 7) is 0.661. The van der Waals surface area contributed by atoms with Crippen molar-refractivity contribution in [2.75, 3.05) is 11.9 Å². The first-order valence-electron chi connectivity index (χ1n) is 5.12. The molecule has 0 unspecified atom stereocenters. The second-order valence-corrected chi connectivity index (χ2v) is 4.77. The van der Waals surface area contributed by atoms with Gasteiger partial charge in [0.2, 0.25) is 0 Å². The van der Waals surface area contributed by atoms with E-state index in [1.54, 1.807) is 16.8 Å². The van der Waals surface area contributed by atoms with Crippen LogP contribution >= 0.6 is 22.9 Å². The third kappa shape index (κ3) is 3.17. The minimum absolute atomic E-state index is 0.261. The zero-order valence-corrected chi connectivity index (χ0v) is 10.9. The summed E-state index contributed by atoms with van der Waals surface area (Å²) >= 11 is 7.28. The molecule has 0 aliphatic heterocycles. The number of anilines is 1. The number of benzene rings is 1. The van der Waals surface area contributed by atoms with Crippen LogP contribution in [0.4, 0.5) is 10.1 Å². The van der Waals surface area contributed by atoms with Crippen molar-refractivity contribution >= 4 is 28.6 Å². The molecule has 2 aromatic rings. The van der Waals surface area contributed by atoms with E-state index in [2.05, 4.69) is 4.98 Å². The molecule has 0 aliphatic rings. The second-order valence-electron chi connectivity index (χ2n) is 3.79. The van der Waals surface area contributed by atoms with Crippen molar-refractivity contribution in [1.82, 2.24) is 4.98 Å². The van der Waals surface area contributed by atoms with Gasteiger partial charge in [-0.1, -0.05) is 0 Å². The van der Waals surface area contributed by atoms with E-state index >= 15 is 0 Å². The van der Waals surface area contributed by atoms with Crippen LogP contribution in [0.15, 0.2) is 29.1 Å². The van der Waals surface area contributed by atoms with Crippen molar-refractivity contribution in [3.63, 3.8) is 0 Å². The molecule has 0 amide bonds. The summed E-state index contributed by atoms with van der Waals surface area (Å²) in [6, 6.07) is 4.85. The van der Waals surface area contributed by atoms with E-state index in [0.29, 0.717) is 12.4 Å². The van der Waals surface area contributed by atoms with Gasteiger partial charge >= 0.3 is 0 Å². The van der Waals surface area contributed by atoms with Gasteiger partial charge < -0.3 is 4.90 Å². The van der Waals surface area contributed by atoms with Gasteiger partial charge in [-0.05, 0) is 23.8 Å². The topological polar surface area (TPSA) is 16.1 Å². The Hall–Kier alpha value is -1.13. The molecule has 2 rings (SSSR count). The van der Waals surface area contributed by atoms with Crippen molar-refractivity contribution in [1.29, 1.82) is 0 Å². The Morgan fingerprint density at radius 3 is 2.88 bits per heavy atom. The third-order valence-electron chi connectivity index (χ3n) is 2.42. The highest BCUT2D eigenvalue weighted by Gasteiger charge is 2.06. The number of aromatic nitrogens is 1. The molecule has 0 saturated carbocycles. The Balaban J connectivity index is 2.18. The van der Waals surface area contributed by atoms with Crippen LogP contribution in [0.2, 0.25) is 0 Å². The number of hydrogen-bond donors (Lipinski definition) is 0. The standard InChI is InChI=1S/C12H12ClFN2S/c1-16(6-11-7-17-8-15-11)12-3-9(5-13)2-10(14)4-12/h2-4,7-8H,5-6H2,1H3. The smallest absolute Gasteiger partial charge is 0.125 e. The van der Waals surface area contributed by atoms with Crippen molar-refractivity contribution < 1.29 is 4.39 Å². The van der Waals surface area contributed by atoms with Crippen molar-refractivity contribution in [2.45, 2.75) is 12.4 Å². The van der Waals surface area contributed by atoms with Crippen LogP contribution in [0, 0.1) is 5.82 Å². The minimum atomic E-state index is -0.261. The lowest BCUT2D eigenvalue weighted by Gasteiger charge is -2.18. The zero-order valence-electron chi connectivity index (χ0n) is 9.36. The third-order valence-corrected chi connectivity index (χ3v) is 3.36. The zero-order chi connectivity index (χ0) is 12.3. The maximum atomic E-state index is 13.4. The molecule has 0 radical (unpaired) electrons. The lowest BCUT2D eigenvalue weighted by molar-refractivity contribution is 0.625. The first kappa shape index (κ1) is 12.3. The average Bonchev–Trinajstić information content (AvgIpc) is 2.81. The summed E-state index contributed by atoms with van der Waals surface area (Å²) in [5, 5.41) is 1.98. The summed E-state index contributed by atoms with van der Waals surface area (Å²) < 4.78 is 13.4. The molecule has 1 aromatic carbocycles. The normalized spacial score (nSPS) is 10.5. The van der Waals surface area contributed by atoms with Crippen LogP contribution in [0.25, 0.3) is 0 Å². The molecular weight excluding hydrogens is 259 g/mol. The molecule has 0 spiro atoms. The van der Waals surface area contributed by atoms with Crippen LogP contribution in [0.5, 0.6) is 0 Å². The van der Waals surface area contributed by atoms with Crippen LogP contribution in [0.1, 0.15) is 11.3 Å². The lowest BCUT2D eigenvalue weighted by atomic mass is 10.2. The Bertz CT molecular complexity index is 487. The molecule has 0 saturated heterocycles. The van der Waals surface area contributed by atoms with E-state index in [1.807, 2.05) is 23.4 Å². The maximum Gasteiger partial charge on any atom is 0.125 e. The van der Waals surface area contributed by atoms with Crippen LogP contribution < -0.4 is 4.90 Å². The van der Waals surface area contributed by atoms with Gasteiger partial charge in [0, 0.05) is 24.0 Å². The average molecular weight is 271 g/mol. The fourth-order valence-electron chi connectivity index (χ4n) is 1.58. The number of rotatable bonds is 4. The molecular formula is C12H12ClFN2S. The Kier molecular flexibility index (Phi) is 3.97. The van der Waals surface area contributed by atoms with E-state index in [0.717, 1.165) is 16.9 Å².